The number of carbonyl (C=O) groups excluding carboxylic acids is 1. The first-order valence-electron chi connectivity index (χ1n) is 9.72. The van der Waals surface area contributed by atoms with E-state index in [2.05, 4.69) is 23.7 Å². The highest BCUT2D eigenvalue weighted by molar-refractivity contribution is 5.68. The van der Waals surface area contributed by atoms with E-state index in [4.69, 9.17) is 4.74 Å². The Bertz CT molecular complexity index is 650. The van der Waals surface area contributed by atoms with Crippen LogP contribution < -0.4 is 4.90 Å². The largest absolute Gasteiger partial charge is 0.446 e. The van der Waals surface area contributed by atoms with Gasteiger partial charge >= 0.3 is 12.3 Å². The lowest BCUT2D eigenvalue weighted by atomic mass is 10.1. The second-order valence-electron chi connectivity index (χ2n) is 7.59. The molecule has 0 bridgehead atoms. The van der Waals surface area contributed by atoms with Gasteiger partial charge in [0.1, 0.15) is 11.9 Å². The van der Waals surface area contributed by atoms with Crippen LogP contribution in [-0.2, 0) is 10.9 Å². The fourth-order valence-electron chi connectivity index (χ4n) is 3.58. The molecule has 156 valence electrons. The summed E-state index contributed by atoms with van der Waals surface area (Å²) >= 11 is 0. The molecule has 0 radical (unpaired) electrons. The third-order valence-corrected chi connectivity index (χ3v) is 5.41. The maximum Gasteiger partial charge on any atom is 0.417 e. The van der Waals surface area contributed by atoms with E-state index in [1.807, 2.05) is 4.90 Å². The number of alkyl halides is 3. The molecular weight excluding hydrogens is 373 g/mol. The van der Waals surface area contributed by atoms with Crippen LogP contribution in [0.4, 0.5) is 23.8 Å². The number of anilines is 1. The Kier molecular flexibility index (Phi) is 6.32. The molecule has 3 heterocycles. The zero-order chi connectivity index (χ0) is 20.3. The molecule has 3 rings (SSSR count). The van der Waals surface area contributed by atoms with Gasteiger partial charge in [-0.05, 0) is 26.0 Å². The summed E-state index contributed by atoms with van der Waals surface area (Å²) in [6.45, 7) is 8.53. The van der Waals surface area contributed by atoms with Crippen LogP contribution in [0.5, 0.6) is 0 Å². The fraction of sp³-hybridized carbons (Fsp3) is 0.684. The van der Waals surface area contributed by atoms with Crippen LogP contribution in [0.1, 0.15) is 32.3 Å². The van der Waals surface area contributed by atoms with Crippen molar-refractivity contribution in [3.05, 3.63) is 23.9 Å². The summed E-state index contributed by atoms with van der Waals surface area (Å²) in [6.07, 6.45) is -2.68. The summed E-state index contributed by atoms with van der Waals surface area (Å²) in [4.78, 5) is 22.3. The highest BCUT2D eigenvalue weighted by atomic mass is 19.4. The predicted octanol–water partition coefficient (Wildman–Crippen LogP) is 3.23. The minimum atomic E-state index is -4.38. The molecule has 2 fully saturated rings. The lowest BCUT2D eigenvalue weighted by molar-refractivity contribution is -0.137. The quantitative estimate of drug-likeness (QED) is 0.780. The molecule has 2 aliphatic rings. The molecule has 2 saturated heterocycles. The maximum atomic E-state index is 12.6. The normalized spacial score (nSPS) is 19.9. The van der Waals surface area contributed by atoms with Crippen molar-refractivity contribution in [2.24, 2.45) is 0 Å². The second-order valence-corrected chi connectivity index (χ2v) is 7.59. The number of carbonyl (C=O) groups is 1. The first-order chi connectivity index (χ1) is 13.2. The van der Waals surface area contributed by atoms with Gasteiger partial charge in [-0.3, -0.25) is 4.90 Å². The van der Waals surface area contributed by atoms with Gasteiger partial charge in [0, 0.05) is 64.3 Å². The van der Waals surface area contributed by atoms with E-state index >= 15 is 0 Å². The van der Waals surface area contributed by atoms with Gasteiger partial charge < -0.3 is 14.5 Å². The third-order valence-electron chi connectivity index (χ3n) is 5.41. The van der Waals surface area contributed by atoms with Crippen molar-refractivity contribution in [2.45, 2.75) is 45.0 Å². The number of halogens is 3. The van der Waals surface area contributed by atoms with E-state index in [1.165, 1.54) is 6.07 Å². The molecular formula is C19H27F3N4O2. The molecule has 9 heteroatoms. The van der Waals surface area contributed by atoms with Crippen LogP contribution in [0.2, 0.25) is 0 Å². The molecule has 0 saturated carbocycles. The predicted molar refractivity (Wildman–Crippen MR) is 99.2 cm³/mol. The Labute approximate surface area is 163 Å². The van der Waals surface area contributed by atoms with Gasteiger partial charge in [0.25, 0.3) is 0 Å². The molecule has 1 aromatic rings. The maximum absolute atomic E-state index is 12.6. The van der Waals surface area contributed by atoms with Gasteiger partial charge in [-0.2, -0.15) is 13.2 Å². The Morgan fingerprint density at radius 1 is 1.11 bits per heavy atom. The van der Waals surface area contributed by atoms with E-state index in [-0.39, 0.29) is 12.2 Å². The molecule has 1 amide bonds. The van der Waals surface area contributed by atoms with Crippen LogP contribution in [0.15, 0.2) is 18.3 Å². The van der Waals surface area contributed by atoms with Crippen LogP contribution in [0.25, 0.3) is 0 Å². The van der Waals surface area contributed by atoms with E-state index in [0.717, 1.165) is 25.4 Å². The van der Waals surface area contributed by atoms with Crippen LogP contribution in [0.3, 0.4) is 0 Å². The van der Waals surface area contributed by atoms with Crippen molar-refractivity contribution in [1.29, 1.82) is 0 Å². The van der Waals surface area contributed by atoms with Gasteiger partial charge in [-0.1, -0.05) is 0 Å². The van der Waals surface area contributed by atoms with Crippen molar-refractivity contribution in [3.63, 3.8) is 0 Å². The Hall–Kier alpha value is -2.03. The molecule has 1 aromatic heterocycles. The summed E-state index contributed by atoms with van der Waals surface area (Å²) < 4.78 is 43.6. The molecule has 0 aromatic carbocycles. The summed E-state index contributed by atoms with van der Waals surface area (Å²) in [6, 6.07) is 2.91. The minimum absolute atomic E-state index is 0.165. The minimum Gasteiger partial charge on any atom is -0.446 e. The third kappa shape index (κ3) is 5.06. The van der Waals surface area contributed by atoms with Crippen LogP contribution in [0, 0.1) is 0 Å². The Morgan fingerprint density at radius 2 is 1.75 bits per heavy atom. The van der Waals surface area contributed by atoms with Crippen molar-refractivity contribution < 1.29 is 22.7 Å². The average molecular weight is 400 g/mol. The summed E-state index contributed by atoms with van der Waals surface area (Å²) in [5, 5.41) is 0. The van der Waals surface area contributed by atoms with Crippen LogP contribution >= 0.6 is 0 Å². The zero-order valence-electron chi connectivity index (χ0n) is 16.3. The van der Waals surface area contributed by atoms with Gasteiger partial charge in [-0.25, -0.2) is 9.78 Å². The SMILES string of the molecule is CC(C)N1CCN(C(=O)OC2CCN(c3ccc(C(F)(F)F)cn3)CC2)CC1. The molecule has 0 N–H and O–H groups in total. The molecule has 2 aliphatic heterocycles. The fourth-order valence-corrected chi connectivity index (χ4v) is 3.58. The molecule has 0 unspecified atom stereocenters. The van der Waals surface area contributed by atoms with Gasteiger partial charge in [0.15, 0.2) is 0 Å². The number of aromatic nitrogens is 1. The van der Waals surface area contributed by atoms with E-state index in [0.29, 0.717) is 50.9 Å². The summed E-state index contributed by atoms with van der Waals surface area (Å²) in [7, 11) is 0. The van der Waals surface area contributed by atoms with Crippen LogP contribution in [-0.4, -0.2) is 72.3 Å². The molecule has 0 atom stereocenters. The zero-order valence-corrected chi connectivity index (χ0v) is 16.3. The summed E-state index contributed by atoms with van der Waals surface area (Å²) in [5.41, 5.74) is -0.752. The summed E-state index contributed by atoms with van der Waals surface area (Å²) in [5.74, 6) is 0.516. The number of nitrogens with zero attached hydrogens (tertiary/aromatic N) is 4. The molecule has 6 nitrogen and oxygen atoms in total. The highest BCUT2D eigenvalue weighted by Gasteiger charge is 2.31. The Balaban J connectivity index is 1.45. The van der Waals surface area contributed by atoms with E-state index in [1.54, 1.807) is 4.90 Å². The number of amides is 1. The number of rotatable bonds is 3. The van der Waals surface area contributed by atoms with Gasteiger partial charge in [0.2, 0.25) is 0 Å². The monoisotopic (exact) mass is 400 g/mol. The number of pyridine rings is 1. The number of hydrogen-bond acceptors (Lipinski definition) is 5. The second kappa shape index (κ2) is 8.55. The van der Waals surface area contributed by atoms with Crippen molar-refractivity contribution in [2.75, 3.05) is 44.2 Å². The van der Waals surface area contributed by atoms with E-state index in [9.17, 15) is 18.0 Å². The Morgan fingerprint density at radius 3 is 2.25 bits per heavy atom. The molecule has 0 spiro atoms. The first-order valence-corrected chi connectivity index (χ1v) is 9.72. The van der Waals surface area contributed by atoms with E-state index < -0.39 is 11.7 Å². The number of ether oxygens (including phenoxy) is 1. The van der Waals surface area contributed by atoms with Gasteiger partial charge in [-0.15, -0.1) is 0 Å². The van der Waals surface area contributed by atoms with Crippen molar-refractivity contribution in [3.8, 4) is 0 Å². The number of piperidine rings is 1. The lowest BCUT2D eigenvalue weighted by Gasteiger charge is -2.38. The van der Waals surface area contributed by atoms with Crippen molar-refractivity contribution >= 4 is 11.9 Å². The lowest BCUT2D eigenvalue weighted by Crippen LogP contribution is -2.51. The molecule has 28 heavy (non-hydrogen) atoms. The number of hydrogen-bond donors (Lipinski definition) is 0. The topological polar surface area (TPSA) is 48.9 Å². The molecule has 0 aliphatic carbocycles. The van der Waals surface area contributed by atoms with Gasteiger partial charge in [0.05, 0.1) is 5.56 Å². The first kappa shape index (κ1) is 20.7. The smallest absolute Gasteiger partial charge is 0.417 e. The highest BCUT2D eigenvalue weighted by Crippen LogP contribution is 2.30. The average Bonchev–Trinajstić information content (AvgIpc) is 2.68. The van der Waals surface area contributed by atoms with Crippen molar-refractivity contribution in [1.82, 2.24) is 14.8 Å². The number of piperazine rings is 1. The standard InChI is InChI=1S/C19H27F3N4O2/c1-14(2)24-9-11-26(12-10-24)18(27)28-16-5-7-25(8-6-16)17-4-3-15(13-23-17)19(20,21)22/h3-4,13-14,16H,5-12H2,1-2H3.